The van der Waals surface area contributed by atoms with Crippen molar-refractivity contribution in [1.29, 1.82) is 0 Å². The Bertz CT molecular complexity index is 985. The smallest absolute Gasteiger partial charge is 0.308 e. The van der Waals surface area contributed by atoms with Gasteiger partial charge < -0.3 is 25.4 Å². The van der Waals surface area contributed by atoms with Gasteiger partial charge in [0.25, 0.3) is 0 Å². The normalized spacial score (nSPS) is 19.2. The maximum atomic E-state index is 11.7. The molecule has 0 saturated carbocycles. The number of aliphatic carboxylic acids is 2. The summed E-state index contributed by atoms with van der Waals surface area (Å²) in [5.41, 5.74) is 7.09. The molecule has 0 bridgehead atoms. The summed E-state index contributed by atoms with van der Waals surface area (Å²) in [4.78, 5) is 35.0. The average molecular weight is 495 g/mol. The Balaban J connectivity index is 0.000000425. The molecule has 11 nitrogen and oxygen atoms in total. The van der Waals surface area contributed by atoms with Crippen molar-refractivity contribution in [2.75, 3.05) is 12.3 Å². The third-order valence-corrected chi connectivity index (χ3v) is 5.18. The molecular weight excluding hydrogens is 456 g/mol. The van der Waals surface area contributed by atoms with E-state index >= 15 is 0 Å². The minimum absolute atomic E-state index is 0.102. The number of esters is 1. The quantitative estimate of drug-likeness (QED) is 0.505. The summed E-state index contributed by atoms with van der Waals surface area (Å²) in [6.45, 7) is 12.4. The van der Waals surface area contributed by atoms with Gasteiger partial charge in [0.2, 0.25) is 0 Å². The summed E-state index contributed by atoms with van der Waals surface area (Å²) in [7, 11) is 0. The number of fused-ring (bicyclic) bond motifs is 1. The van der Waals surface area contributed by atoms with Crippen LogP contribution in [0.3, 0.4) is 0 Å². The van der Waals surface area contributed by atoms with Crippen LogP contribution >= 0.6 is 0 Å². The summed E-state index contributed by atoms with van der Waals surface area (Å²) in [5.74, 6) is -1.84. The van der Waals surface area contributed by atoms with Crippen LogP contribution in [0.1, 0.15) is 73.1 Å². The first-order chi connectivity index (χ1) is 16.2. The fraction of sp³-hybridized carbons (Fsp3) is 0.625. The number of anilines is 1. The second-order valence-corrected chi connectivity index (χ2v) is 9.54. The van der Waals surface area contributed by atoms with E-state index in [1.54, 1.807) is 32.2 Å². The number of nitrogens with zero attached hydrogens (tertiary/aromatic N) is 3. The predicted octanol–water partition coefficient (Wildman–Crippen LogP) is 3.57. The summed E-state index contributed by atoms with van der Waals surface area (Å²) in [6, 6.07) is 3.85. The first-order valence-corrected chi connectivity index (χ1v) is 11.6. The molecule has 2 aromatic heterocycles. The standard InChI is InChI=1S/C16H22N4O3.2C4H8O2/c1-10(2)15(21)22-8-16(3)7-6-13(23-16)11-4-5-12-14(17)18-9-19-20(11)12;2*1-3(2)4(5)6/h4-5,9-10,13H,6-8H2,1-3H3,(H2,17,18,19);2*3H,1-2H3,(H,5,6)/t13?,16-;;/m0../s1. The molecule has 1 aliphatic heterocycles. The van der Waals surface area contributed by atoms with Crippen molar-refractivity contribution in [3.8, 4) is 0 Å². The molecule has 3 heterocycles. The van der Waals surface area contributed by atoms with E-state index in [9.17, 15) is 14.4 Å². The van der Waals surface area contributed by atoms with Crippen LogP contribution in [0.4, 0.5) is 5.82 Å². The van der Waals surface area contributed by atoms with E-state index in [-0.39, 0.29) is 36.4 Å². The molecule has 0 radical (unpaired) electrons. The van der Waals surface area contributed by atoms with E-state index in [0.717, 1.165) is 24.1 Å². The molecule has 1 fully saturated rings. The molecule has 0 aromatic carbocycles. The highest BCUT2D eigenvalue weighted by Gasteiger charge is 2.39. The van der Waals surface area contributed by atoms with Crippen molar-refractivity contribution in [2.24, 2.45) is 17.8 Å². The molecule has 0 aliphatic carbocycles. The van der Waals surface area contributed by atoms with Gasteiger partial charge in [0, 0.05) is 0 Å². The number of carbonyl (C=O) groups is 3. The molecule has 2 atom stereocenters. The van der Waals surface area contributed by atoms with Crippen molar-refractivity contribution >= 4 is 29.2 Å². The SMILES string of the molecule is CC(C)C(=O)O.CC(C)C(=O)O.CC(C)C(=O)OC[C@]1(C)CCC(c2ccc3c(N)ncnn23)O1. The van der Waals surface area contributed by atoms with Gasteiger partial charge in [-0.3, -0.25) is 14.4 Å². The molecule has 11 heteroatoms. The number of carboxylic acid groups (broad SMARTS) is 2. The highest BCUT2D eigenvalue weighted by atomic mass is 16.6. The number of ether oxygens (including phenoxy) is 2. The van der Waals surface area contributed by atoms with Crippen molar-refractivity contribution in [1.82, 2.24) is 14.6 Å². The minimum Gasteiger partial charge on any atom is -0.481 e. The molecule has 0 amide bonds. The second-order valence-electron chi connectivity index (χ2n) is 9.54. The zero-order chi connectivity index (χ0) is 26.9. The van der Waals surface area contributed by atoms with Crippen molar-refractivity contribution in [2.45, 2.75) is 73.0 Å². The Morgan fingerprint density at radius 3 is 2.14 bits per heavy atom. The van der Waals surface area contributed by atoms with Gasteiger partial charge in [-0.05, 0) is 31.9 Å². The first kappa shape index (κ1) is 29.8. The molecule has 1 unspecified atom stereocenters. The topological polar surface area (TPSA) is 166 Å². The fourth-order valence-electron chi connectivity index (χ4n) is 2.82. The van der Waals surface area contributed by atoms with Gasteiger partial charge in [0.05, 0.1) is 23.4 Å². The Hall–Kier alpha value is -3.21. The fourth-order valence-corrected chi connectivity index (χ4v) is 2.82. The average Bonchev–Trinajstić information content (AvgIpc) is 3.37. The van der Waals surface area contributed by atoms with Crippen LogP contribution in [-0.4, -0.2) is 54.9 Å². The third-order valence-electron chi connectivity index (χ3n) is 5.18. The lowest BCUT2D eigenvalue weighted by atomic mass is 10.0. The van der Waals surface area contributed by atoms with Gasteiger partial charge in [-0.15, -0.1) is 0 Å². The molecule has 1 saturated heterocycles. The maximum Gasteiger partial charge on any atom is 0.308 e. The lowest BCUT2D eigenvalue weighted by molar-refractivity contribution is -0.157. The monoisotopic (exact) mass is 494 g/mol. The number of carbonyl (C=O) groups excluding carboxylic acids is 1. The number of rotatable bonds is 6. The molecular formula is C24H38N4O7. The van der Waals surface area contributed by atoms with Crippen LogP contribution in [0.15, 0.2) is 18.5 Å². The van der Waals surface area contributed by atoms with E-state index < -0.39 is 17.5 Å². The Labute approximate surface area is 205 Å². The molecule has 4 N–H and O–H groups in total. The van der Waals surface area contributed by atoms with Crippen LogP contribution in [0.25, 0.3) is 5.52 Å². The van der Waals surface area contributed by atoms with Crippen molar-refractivity contribution < 1.29 is 34.1 Å². The van der Waals surface area contributed by atoms with Crippen molar-refractivity contribution in [3.05, 3.63) is 24.2 Å². The lowest BCUT2D eigenvalue weighted by Gasteiger charge is -2.24. The first-order valence-electron chi connectivity index (χ1n) is 11.6. The van der Waals surface area contributed by atoms with E-state index in [2.05, 4.69) is 10.1 Å². The maximum absolute atomic E-state index is 11.7. The van der Waals surface area contributed by atoms with Gasteiger partial charge in [-0.25, -0.2) is 9.50 Å². The molecule has 1 aliphatic rings. The van der Waals surface area contributed by atoms with Crippen LogP contribution < -0.4 is 5.73 Å². The number of nitrogens with two attached hydrogens (primary N) is 1. The highest BCUT2D eigenvalue weighted by Crippen LogP contribution is 2.40. The molecule has 2 aromatic rings. The van der Waals surface area contributed by atoms with E-state index in [1.807, 2.05) is 32.9 Å². The summed E-state index contributed by atoms with van der Waals surface area (Å²) < 4.78 is 13.3. The van der Waals surface area contributed by atoms with Crippen LogP contribution in [0.2, 0.25) is 0 Å². The van der Waals surface area contributed by atoms with Gasteiger partial charge in [-0.2, -0.15) is 5.10 Å². The zero-order valence-electron chi connectivity index (χ0n) is 21.5. The van der Waals surface area contributed by atoms with Gasteiger partial charge in [-0.1, -0.05) is 41.5 Å². The largest absolute Gasteiger partial charge is 0.481 e. The zero-order valence-corrected chi connectivity index (χ0v) is 21.5. The van der Waals surface area contributed by atoms with E-state index in [4.69, 9.17) is 25.4 Å². The predicted molar refractivity (Wildman–Crippen MR) is 130 cm³/mol. The van der Waals surface area contributed by atoms with Gasteiger partial charge in [0.15, 0.2) is 5.82 Å². The summed E-state index contributed by atoms with van der Waals surface area (Å²) in [6.07, 6.45) is 2.99. The molecule has 196 valence electrons. The Morgan fingerprint density at radius 2 is 1.66 bits per heavy atom. The number of hydrogen-bond donors (Lipinski definition) is 3. The number of nitrogen functional groups attached to an aromatic ring is 1. The minimum atomic E-state index is -0.741. The number of carboxylic acids is 2. The summed E-state index contributed by atoms with van der Waals surface area (Å²) in [5, 5.41) is 20.2. The van der Waals surface area contributed by atoms with E-state index in [1.165, 1.54) is 6.33 Å². The number of aromatic nitrogens is 3. The molecule has 0 spiro atoms. The van der Waals surface area contributed by atoms with Crippen LogP contribution in [0, 0.1) is 17.8 Å². The molecule has 35 heavy (non-hydrogen) atoms. The number of hydrogen-bond acceptors (Lipinski definition) is 8. The lowest BCUT2D eigenvalue weighted by Crippen LogP contribution is -2.32. The Kier molecular flexibility index (Phi) is 11.1. The van der Waals surface area contributed by atoms with Crippen LogP contribution in [0.5, 0.6) is 0 Å². The van der Waals surface area contributed by atoms with E-state index in [0.29, 0.717) is 5.82 Å². The van der Waals surface area contributed by atoms with Crippen molar-refractivity contribution in [3.63, 3.8) is 0 Å². The van der Waals surface area contributed by atoms with Crippen LogP contribution in [-0.2, 0) is 23.9 Å². The molecule has 3 rings (SSSR count). The second kappa shape index (κ2) is 13.0. The van der Waals surface area contributed by atoms with Gasteiger partial charge in [0.1, 0.15) is 30.2 Å². The third kappa shape index (κ3) is 9.16. The highest BCUT2D eigenvalue weighted by molar-refractivity contribution is 5.71. The summed E-state index contributed by atoms with van der Waals surface area (Å²) >= 11 is 0. The van der Waals surface area contributed by atoms with Gasteiger partial charge >= 0.3 is 17.9 Å². The Morgan fingerprint density at radius 1 is 1.11 bits per heavy atom.